The SMILES string of the molecule is CCOC(=O)NC(=N[C@@H](CC(C)(C)C)C(=O)NCC#N)c1ccccc1. The Hall–Kier alpha value is -2.88. The Labute approximate surface area is 154 Å². The molecule has 1 atom stereocenters. The van der Waals surface area contributed by atoms with Crippen molar-refractivity contribution in [2.45, 2.75) is 40.2 Å². The highest BCUT2D eigenvalue weighted by Gasteiger charge is 2.25. The van der Waals surface area contributed by atoms with E-state index in [0.717, 1.165) is 0 Å². The number of amides is 2. The van der Waals surface area contributed by atoms with E-state index in [1.54, 1.807) is 19.1 Å². The normalized spacial score (nSPS) is 12.7. The second-order valence-corrected chi connectivity index (χ2v) is 6.85. The lowest BCUT2D eigenvalue weighted by molar-refractivity contribution is -0.122. The van der Waals surface area contributed by atoms with Gasteiger partial charge in [-0.15, -0.1) is 0 Å². The summed E-state index contributed by atoms with van der Waals surface area (Å²) in [4.78, 5) is 28.8. The molecular formula is C19H26N4O3. The molecule has 0 aliphatic rings. The molecule has 0 aliphatic carbocycles. The van der Waals surface area contributed by atoms with Gasteiger partial charge in [-0.25, -0.2) is 4.79 Å². The van der Waals surface area contributed by atoms with E-state index >= 15 is 0 Å². The summed E-state index contributed by atoms with van der Waals surface area (Å²) in [6.07, 6.45) is -0.187. The zero-order valence-corrected chi connectivity index (χ0v) is 15.7. The number of aliphatic imine (C=N–C) groups is 1. The third kappa shape index (κ3) is 7.79. The van der Waals surface area contributed by atoms with Crippen molar-refractivity contribution in [2.24, 2.45) is 10.4 Å². The first-order valence-electron chi connectivity index (χ1n) is 8.48. The van der Waals surface area contributed by atoms with Gasteiger partial charge in [0.2, 0.25) is 5.91 Å². The van der Waals surface area contributed by atoms with Crippen LogP contribution in [0.3, 0.4) is 0 Å². The summed E-state index contributed by atoms with van der Waals surface area (Å²) in [5.41, 5.74) is 0.483. The minimum atomic E-state index is -0.750. The van der Waals surface area contributed by atoms with Crippen LogP contribution >= 0.6 is 0 Å². The molecule has 1 aromatic carbocycles. The van der Waals surface area contributed by atoms with E-state index in [9.17, 15) is 9.59 Å². The topological polar surface area (TPSA) is 104 Å². The Kier molecular flexibility index (Phi) is 8.29. The Morgan fingerprint density at radius 1 is 1.27 bits per heavy atom. The summed E-state index contributed by atoms with van der Waals surface area (Å²) < 4.78 is 4.93. The van der Waals surface area contributed by atoms with Crippen molar-refractivity contribution in [2.75, 3.05) is 13.2 Å². The number of ether oxygens (including phenoxy) is 1. The molecule has 0 aromatic heterocycles. The summed E-state index contributed by atoms with van der Waals surface area (Å²) >= 11 is 0. The van der Waals surface area contributed by atoms with E-state index < -0.39 is 12.1 Å². The number of amidine groups is 1. The van der Waals surface area contributed by atoms with Crippen LogP contribution in [0.1, 0.15) is 39.7 Å². The Morgan fingerprint density at radius 2 is 1.92 bits per heavy atom. The van der Waals surface area contributed by atoms with Crippen molar-refractivity contribution >= 4 is 17.8 Å². The predicted octanol–water partition coefficient (Wildman–Crippen LogP) is 2.62. The number of hydrogen-bond donors (Lipinski definition) is 2. The molecule has 7 nitrogen and oxygen atoms in total. The quantitative estimate of drug-likeness (QED) is 0.463. The molecular weight excluding hydrogens is 332 g/mol. The number of nitriles is 1. The summed E-state index contributed by atoms with van der Waals surface area (Å²) in [6.45, 7) is 7.82. The lowest BCUT2D eigenvalue weighted by Gasteiger charge is -2.23. The van der Waals surface area contributed by atoms with E-state index in [2.05, 4.69) is 15.6 Å². The first-order valence-corrected chi connectivity index (χ1v) is 8.48. The van der Waals surface area contributed by atoms with Crippen molar-refractivity contribution < 1.29 is 14.3 Å². The highest BCUT2D eigenvalue weighted by Crippen LogP contribution is 2.23. The van der Waals surface area contributed by atoms with Crippen LogP contribution in [0.25, 0.3) is 0 Å². The first kappa shape index (κ1) is 21.2. The van der Waals surface area contributed by atoms with Crippen LogP contribution in [-0.2, 0) is 9.53 Å². The molecule has 0 heterocycles. The molecule has 2 N–H and O–H groups in total. The zero-order chi connectivity index (χ0) is 19.6. The highest BCUT2D eigenvalue weighted by molar-refractivity contribution is 6.07. The summed E-state index contributed by atoms with van der Waals surface area (Å²) in [5.74, 6) is -0.106. The van der Waals surface area contributed by atoms with Crippen molar-refractivity contribution in [3.8, 4) is 6.07 Å². The molecule has 1 aromatic rings. The molecule has 0 unspecified atom stereocenters. The van der Waals surface area contributed by atoms with Crippen LogP contribution < -0.4 is 10.6 Å². The number of nitrogens with one attached hydrogen (secondary N) is 2. The third-order valence-electron chi connectivity index (χ3n) is 3.28. The molecule has 0 aliphatic heterocycles. The van der Waals surface area contributed by atoms with Gasteiger partial charge >= 0.3 is 6.09 Å². The van der Waals surface area contributed by atoms with Gasteiger partial charge in [-0.1, -0.05) is 51.1 Å². The molecule has 140 valence electrons. The predicted molar refractivity (Wildman–Crippen MR) is 99.6 cm³/mol. The average molecular weight is 358 g/mol. The summed E-state index contributed by atoms with van der Waals surface area (Å²) in [6, 6.07) is 10.2. The van der Waals surface area contributed by atoms with Gasteiger partial charge in [0.15, 0.2) is 0 Å². The molecule has 0 bridgehead atoms. The number of alkyl carbamates (subject to hydrolysis) is 1. The van der Waals surface area contributed by atoms with E-state index in [4.69, 9.17) is 10.00 Å². The third-order valence-corrected chi connectivity index (χ3v) is 3.28. The fourth-order valence-electron chi connectivity index (χ4n) is 2.22. The molecule has 7 heteroatoms. The Balaban J connectivity index is 3.21. The molecule has 0 saturated heterocycles. The lowest BCUT2D eigenvalue weighted by Crippen LogP contribution is -2.39. The molecule has 26 heavy (non-hydrogen) atoms. The van der Waals surface area contributed by atoms with Gasteiger partial charge in [0.1, 0.15) is 18.4 Å². The molecule has 0 fully saturated rings. The molecule has 1 rings (SSSR count). The molecule has 0 spiro atoms. The molecule has 0 saturated carbocycles. The number of hydrogen-bond acceptors (Lipinski definition) is 5. The maximum absolute atomic E-state index is 12.4. The molecule has 2 amide bonds. The van der Waals surface area contributed by atoms with Crippen LogP contribution in [-0.4, -0.2) is 37.0 Å². The van der Waals surface area contributed by atoms with E-state index in [1.807, 2.05) is 45.0 Å². The smallest absolute Gasteiger partial charge is 0.412 e. The first-order chi connectivity index (χ1) is 12.3. The van der Waals surface area contributed by atoms with Crippen LogP contribution in [0.2, 0.25) is 0 Å². The maximum Gasteiger partial charge on any atom is 0.412 e. The fourth-order valence-corrected chi connectivity index (χ4v) is 2.22. The second kappa shape index (κ2) is 10.2. The number of carbonyl (C=O) groups excluding carboxylic acids is 2. The Morgan fingerprint density at radius 3 is 2.46 bits per heavy atom. The van der Waals surface area contributed by atoms with Gasteiger partial charge in [-0.2, -0.15) is 5.26 Å². The van der Waals surface area contributed by atoms with E-state index in [0.29, 0.717) is 12.0 Å². The minimum absolute atomic E-state index is 0.0963. The van der Waals surface area contributed by atoms with E-state index in [-0.39, 0.29) is 30.3 Å². The van der Waals surface area contributed by atoms with Gasteiger partial charge in [-0.05, 0) is 18.8 Å². The molecule has 0 radical (unpaired) electrons. The van der Waals surface area contributed by atoms with Crippen LogP contribution in [0.4, 0.5) is 4.79 Å². The number of nitrogens with zero attached hydrogens (tertiary/aromatic N) is 2. The monoisotopic (exact) mass is 358 g/mol. The number of rotatable bonds is 6. The van der Waals surface area contributed by atoms with Crippen molar-refractivity contribution in [3.63, 3.8) is 0 Å². The van der Waals surface area contributed by atoms with Gasteiger partial charge < -0.3 is 10.1 Å². The largest absolute Gasteiger partial charge is 0.450 e. The van der Waals surface area contributed by atoms with E-state index in [1.165, 1.54) is 0 Å². The van der Waals surface area contributed by atoms with Crippen LogP contribution in [0, 0.1) is 16.7 Å². The zero-order valence-electron chi connectivity index (χ0n) is 15.7. The average Bonchev–Trinajstić information content (AvgIpc) is 2.58. The number of carbonyl (C=O) groups is 2. The van der Waals surface area contributed by atoms with Gasteiger partial charge in [0, 0.05) is 5.56 Å². The number of benzene rings is 1. The summed E-state index contributed by atoms with van der Waals surface area (Å²) in [5, 5.41) is 13.8. The highest BCUT2D eigenvalue weighted by atomic mass is 16.5. The van der Waals surface area contributed by atoms with Crippen molar-refractivity contribution in [1.82, 2.24) is 10.6 Å². The summed E-state index contributed by atoms with van der Waals surface area (Å²) in [7, 11) is 0. The standard InChI is InChI=1S/C19H26N4O3/c1-5-26-18(25)23-16(14-9-7-6-8-10-14)22-15(13-19(2,3)4)17(24)21-12-11-20/h6-10,15H,5,12-13H2,1-4H3,(H,21,24)(H,22,23,25)/t15-/m0/s1. The minimum Gasteiger partial charge on any atom is -0.450 e. The fraction of sp³-hybridized carbons (Fsp3) is 0.474. The van der Waals surface area contributed by atoms with Crippen molar-refractivity contribution in [1.29, 1.82) is 5.26 Å². The van der Waals surface area contributed by atoms with Gasteiger partial charge in [-0.3, -0.25) is 15.1 Å². The van der Waals surface area contributed by atoms with Gasteiger partial charge in [0.05, 0.1) is 12.7 Å². The second-order valence-electron chi connectivity index (χ2n) is 6.85. The Bertz CT molecular complexity index is 672. The van der Waals surface area contributed by atoms with Crippen LogP contribution in [0.15, 0.2) is 35.3 Å². The van der Waals surface area contributed by atoms with Crippen molar-refractivity contribution in [3.05, 3.63) is 35.9 Å². The van der Waals surface area contributed by atoms with Gasteiger partial charge in [0.25, 0.3) is 0 Å². The lowest BCUT2D eigenvalue weighted by atomic mass is 9.88. The maximum atomic E-state index is 12.4. The van der Waals surface area contributed by atoms with Crippen LogP contribution in [0.5, 0.6) is 0 Å².